The van der Waals surface area contributed by atoms with E-state index in [1.807, 2.05) is 0 Å². The molecule has 1 aliphatic heterocycles. The lowest BCUT2D eigenvalue weighted by Crippen LogP contribution is -2.38. The molecule has 2 N–H and O–H groups in total. The van der Waals surface area contributed by atoms with Crippen LogP contribution in [0.4, 0.5) is 0 Å². The molecular formula is C13H28IN3S. The molecule has 108 valence electrons. The fraction of sp³-hybridized carbons (Fsp3) is 0.923. The highest BCUT2D eigenvalue weighted by atomic mass is 127. The van der Waals surface area contributed by atoms with Crippen LogP contribution in [-0.2, 0) is 0 Å². The van der Waals surface area contributed by atoms with Crippen molar-refractivity contribution in [1.29, 1.82) is 0 Å². The van der Waals surface area contributed by atoms with Gasteiger partial charge in [-0.25, -0.2) is 0 Å². The number of halogens is 1. The number of rotatable bonds is 7. The van der Waals surface area contributed by atoms with E-state index in [1.165, 1.54) is 37.9 Å². The third kappa shape index (κ3) is 8.45. The predicted octanol–water partition coefficient (Wildman–Crippen LogP) is 3.25. The van der Waals surface area contributed by atoms with Gasteiger partial charge in [0.25, 0.3) is 0 Å². The summed E-state index contributed by atoms with van der Waals surface area (Å²) in [5.41, 5.74) is 0. The van der Waals surface area contributed by atoms with Gasteiger partial charge in [-0.3, -0.25) is 4.99 Å². The molecule has 18 heavy (non-hydrogen) atoms. The molecule has 0 aromatic heterocycles. The van der Waals surface area contributed by atoms with E-state index >= 15 is 0 Å². The van der Waals surface area contributed by atoms with Crippen LogP contribution in [0.1, 0.15) is 46.0 Å². The van der Waals surface area contributed by atoms with E-state index in [1.54, 1.807) is 0 Å². The Hall–Kier alpha value is 0.350. The van der Waals surface area contributed by atoms with E-state index in [0.29, 0.717) is 0 Å². The first-order valence-electron chi connectivity index (χ1n) is 7.00. The molecule has 0 saturated carbocycles. The van der Waals surface area contributed by atoms with Crippen molar-refractivity contribution in [3.63, 3.8) is 0 Å². The van der Waals surface area contributed by atoms with Crippen LogP contribution in [0.25, 0.3) is 0 Å². The molecule has 0 aromatic carbocycles. The fourth-order valence-corrected chi connectivity index (χ4v) is 3.08. The average molecular weight is 385 g/mol. The Kier molecular flexibility index (Phi) is 12.6. The summed E-state index contributed by atoms with van der Waals surface area (Å²) < 4.78 is 0. The second-order valence-corrected chi connectivity index (χ2v) is 5.90. The van der Waals surface area contributed by atoms with Crippen molar-refractivity contribution in [2.45, 2.75) is 51.2 Å². The smallest absolute Gasteiger partial charge is 0.191 e. The number of nitrogens with one attached hydrogen (secondary N) is 2. The van der Waals surface area contributed by atoms with E-state index in [2.05, 4.69) is 41.2 Å². The van der Waals surface area contributed by atoms with Crippen LogP contribution in [0, 0.1) is 0 Å². The van der Waals surface area contributed by atoms with Crippen molar-refractivity contribution in [1.82, 2.24) is 10.6 Å². The first kappa shape index (κ1) is 18.4. The second-order valence-electron chi connectivity index (χ2n) is 4.49. The lowest BCUT2D eigenvalue weighted by Gasteiger charge is -2.12. The molecule has 1 rings (SSSR count). The van der Waals surface area contributed by atoms with Gasteiger partial charge in [0.05, 0.1) is 6.54 Å². The molecule has 5 heteroatoms. The summed E-state index contributed by atoms with van der Waals surface area (Å²) in [5, 5.41) is 7.47. The van der Waals surface area contributed by atoms with Crippen LogP contribution in [0.2, 0.25) is 0 Å². The van der Waals surface area contributed by atoms with Crippen LogP contribution in [0.3, 0.4) is 0 Å². The number of thioether (sulfide) groups is 1. The topological polar surface area (TPSA) is 36.4 Å². The van der Waals surface area contributed by atoms with Gasteiger partial charge in [0.1, 0.15) is 0 Å². The lowest BCUT2D eigenvalue weighted by molar-refractivity contribution is 0.681. The van der Waals surface area contributed by atoms with Gasteiger partial charge in [0.2, 0.25) is 0 Å². The van der Waals surface area contributed by atoms with Gasteiger partial charge in [-0.05, 0) is 31.9 Å². The highest BCUT2D eigenvalue weighted by molar-refractivity contribution is 14.0. The summed E-state index contributed by atoms with van der Waals surface area (Å²) >= 11 is 2.07. The predicted molar refractivity (Wildman–Crippen MR) is 94.4 cm³/mol. The van der Waals surface area contributed by atoms with Gasteiger partial charge in [-0.2, -0.15) is 11.8 Å². The quantitative estimate of drug-likeness (QED) is 0.306. The largest absolute Gasteiger partial charge is 0.357 e. The van der Waals surface area contributed by atoms with Crippen LogP contribution < -0.4 is 10.6 Å². The molecule has 0 aromatic rings. The van der Waals surface area contributed by atoms with Crippen molar-refractivity contribution in [3.05, 3.63) is 0 Å². The Balaban J connectivity index is 0.00000289. The third-order valence-electron chi connectivity index (χ3n) is 2.89. The second kappa shape index (κ2) is 12.4. The Morgan fingerprint density at radius 3 is 2.72 bits per heavy atom. The summed E-state index contributed by atoms with van der Waals surface area (Å²) in [6.45, 7) is 7.30. The van der Waals surface area contributed by atoms with Crippen LogP contribution in [0.5, 0.6) is 0 Å². The Morgan fingerprint density at radius 1 is 1.28 bits per heavy atom. The zero-order valence-corrected chi connectivity index (χ0v) is 14.9. The molecule has 1 atom stereocenters. The molecule has 3 nitrogen and oxygen atoms in total. The van der Waals surface area contributed by atoms with Crippen molar-refractivity contribution >= 4 is 41.7 Å². The summed E-state index contributed by atoms with van der Waals surface area (Å²) in [5.74, 6) is 2.32. The van der Waals surface area contributed by atoms with E-state index in [0.717, 1.165) is 30.8 Å². The molecule has 0 aliphatic carbocycles. The molecule has 0 bridgehead atoms. The normalized spacial score (nSPS) is 19.4. The molecule has 0 radical (unpaired) electrons. The maximum Gasteiger partial charge on any atom is 0.191 e. The van der Waals surface area contributed by atoms with Crippen molar-refractivity contribution < 1.29 is 0 Å². The number of aliphatic imine (C=N–C) groups is 1. The van der Waals surface area contributed by atoms with Crippen LogP contribution >= 0.6 is 35.7 Å². The Bertz CT molecular complexity index is 218. The van der Waals surface area contributed by atoms with Gasteiger partial charge in [0, 0.05) is 18.3 Å². The van der Waals surface area contributed by atoms with Gasteiger partial charge in [-0.1, -0.05) is 19.8 Å². The number of hydrogen-bond acceptors (Lipinski definition) is 2. The van der Waals surface area contributed by atoms with E-state index in [-0.39, 0.29) is 24.0 Å². The van der Waals surface area contributed by atoms with Crippen molar-refractivity contribution in [2.75, 3.05) is 25.4 Å². The number of nitrogens with zero attached hydrogens (tertiary/aromatic N) is 1. The SMILES string of the molecule is CCCCCNC(=NCC1CCCS1)NCC.I. The van der Waals surface area contributed by atoms with Gasteiger partial charge < -0.3 is 10.6 Å². The number of hydrogen-bond donors (Lipinski definition) is 2. The maximum atomic E-state index is 4.67. The van der Waals surface area contributed by atoms with Crippen molar-refractivity contribution in [2.24, 2.45) is 4.99 Å². The average Bonchev–Trinajstić information content (AvgIpc) is 2.84. The molecule has 0 spiro atoms. The molecule has 1 aliphatic rings. The zero-order chi connectivity index (χ0) is 12.3. The monoisotopic (exact) mass is 385 g/mol. The molecule has 1 saturated heterocycles. The van der Waals surface area contributed by atoms with Crippen LogP contribution in [0.15, 0.2) is 4.99 Å². The van der Waals surface area contributed by atoms with Crippen LogP contribution in [-0.4, -0.2) is 36.6 Å². The molecule has 0 amide bonds. The van der Waals surface area contributed by atoms with Gasteiger partial charge >= 0.3 is 0 Å². The summed E-state index contributed by atoms with van der Waals surface area (Å²) in [6.07, 6.45) is 6.51. The highest BCUT2D eigenvalue weighted by Gasteiger charge is 2.14. The van der Waals surface area contributed by atoms with E-state index in [4.69, 9.17) is 0 Å². The standard InChI is InChI=1S/C13H27N3S.HI/c1-3-5-6-9-15-13(14-4-2)16-11-12-8-7-10-17-12;/h12H,3-11H2,1-2H3,(H2,14,15,16);1H. The Labute approximate surface area is 133 Å². The first-order chi connectivity index (χ1) is 8.36. The highest BCUT2D eigenvalue weighted by Crippen LogP contribution is 2.25. The summed E-state index contributed by atoms with van der Waals surface area (Å²) in [7, 11) is 0. The molecule has 1 fully saturated rings. The van der Waals surface area contributed by atoms with E-state index < -0.39 is 0 Å². The minimum atomic E-state index is 0. The Morgan fingerprint density at radius 2 is 2.11 bits per heavy atom. The van der Waals surface area contributed by atoms with Gasteiger partial charge in [0.15, 0.2) is 5.96 Å². The summed E-state index contributed by atoms with van der Waals surface area (Å²) in [4.78, 5) is 4.67. The molecule has 1 unspecified atom stereocenters. The lowest BCUT2D eigenvalue weighted by atomic mass is 10.2. The molecule has 1 heterocycles. The minimum absolute atomic E-state index is 0. The molecular weight excluding hydrogens is 357 g/mol. The van der Waals surface area contributed by atoms with Crippen molar-refractivity contribution in [3.8, 4) is 0 Å². The third-order valence-corrected chi connectivity index (χ3v) is 4.27. The van der Waals surface area contributed by atoms with Gasteiger partial charge in [-0.15, -0.1) is 24.0 Å². The summed E-state index contributed by atoms with van der Waals surface area (Å²) in [6, 6.07) is 0. The number of unbranched alkanes of at least 4 members (excludes halogenated alkanes) is 2. The van der Waals surface area contributed by atoms with E-state index in [9.17, 15) is 0 Å². The number of guanidine groups is 1. The minimum Gasteiger partial charge on any atom is -0.357 e. The fourth-order valence-electron chi connectivity index (χ4n) is 1.90. The first-order valence-corrected chi connectivity index (χ1v) is 8.05. The maximum absolute atomic E-state index is 4.67. The zero-order valence-electron chi connectivity index (χ0n) is 11.7.